The van der Waals surface area contributed by atoms with Crippen LogP contribution in [0.5, 0.6) is 0 Å². The maximum atomic E-state index is 3.78. The minimum atomic E-state index is 0.723. The molecule has 2 unspecified atom stereocenters. The van der Waals surface area contributed by atoms with Gasteiger partial charge < -0.3 is 5.32 Å². The fourth-order valence-electron chi connectivity index (χ4n) is 3.63. The Morgan fingerprint density at radius 1 is 1.06 bits per heavy atom. The van der Waals surface area contributed by atoms with Gasteiger partial charge in [-0.1, -0.05) is 26.2 Å². The first-order chi connectivity index (χ1) is 8.79. The summed E-state index contributed by atoms with van der Waals surface area (Å²) in [6.45, 7) is 8.61. The summed E-state index contributed by atoms with van der Waals surface area (Å²) in [5.74, 6) is 0.991. The van der Waals surface area contributed by atoms with Crippen LogP contribution in [0.4, 0.5) is 0 Å². The number of rotatable bonds is 5. The van der Waals surface area contributed by atoms with E-state index in [1.54, 1.807) is 0 Å². The highest BCUT2D eigenvalue weighted by Gasteiger charge is 2.21. The lowest BCUT2D eigenvalue weighted by molar-refractivity contribution is 0.205. The zero-order chi connectivity index (χ0) is 12.8. The Morgan fingerprint density at radius 3 is 2.56 bits per heavy atom. The summed E-state index contributed by atoms with van der Waals surface area (Å²) in [6, 6.07) is 1.55. The molecule has 0 aromatic heterocycles. The largest absolute Gasteiger partial charge is 0.312 e. The minimum absolute atomic E-state index is 0.723. The molecule has 1 saturated carbocycles. The molecular formula is C16H32N2. The Morgan fingerprint density at radius 2 is 1.83 bits per heavy atom. The lowest BCUT2D eigenvalue weighted by Crippen LogP contribution is -2.43. The zero-order valence-corrected chi connectivity index (χ0v) is 12.5. The molecular weight excluding hydrogens is 220 g/mol. The van der Waals surface area contributed by atoms with E-state index in [1.807, 2.05) is 0 Å². The van der Waals surface area contributed by atoms with Gasteiger partial charge in [-0.2, -0.15) is 0 Å². The molecule has 0 amide bonds. The van der Waals surface area contributed by atoms with E-state index in [0.29, 0.717) is 0 Å². The van der Waals surface area contributed by atoms with E-state index in [1.165, 1.54) is 71.0 Å². The predicted molar refractivity (Wildman–Crippen MR) is 78.9 cm³/mol. The van der Waals surface area contributed by atoms with Crippen molar-refractivity contribution >= 4 is 0 Å². The van der Waals surface area contributed by atoms with Crippen LogP contribution in [0.25, 0.3) is 0 Å². The molecule has 1 heterocycles. The van der Waals surface area contributed by atoms with Crippen LogP contribution in [0, 0.1) is 5.92 Å². The quantitative estimate of drug-likeness (QED) is 0.806. The molecule has 18 heavy (non-hydrogen) atoms. The van der Waals surface area contributed by atoms with Crippen LogP contribution in [0.1, 0.15) is 65.2 Å². The second-order valence-electron chi connectivity index (χ2n) is 6.48. The molecule has 0 spiro atoms. The van der Waals surface area contributed by atoms with Crippen molar-refractivity contribution in [2.24, 2.45) is 5.92 Å². The molecule has 0 radical (unpaired) electrons. The molecule has 2 fully saturated rings. The van der Waals surface area contributed by atoms with E-state index in [0.717, 1.165) is 18.0 Å². The van der Waals surface area contributed by atoms with Gasteiger partial charge in [-0.25, -0.2) is 0 Å². The first kappa shape index (κ1) is 14.3. The SMILES string of the molecule is CCC1CCCN(C(C)CNC2CCCC2)CC1. The molecule has 2 aliphatic rings. The number of nitrogens with one attached hydrogen (secondary N) is 1. The first-order valence-corrected chi connectivity index (χ1v) is 8.27. The highest BCUT2D eigenvalue weighted by Crippen LogP contribution is 2.22. The average Bonchev–Trinajstić information content (AvgIpc) is 2.79. The summed E-state index contributed by atoms with van der Waals surface area (Å²) < 4.78 is 0. The van der Waals surface area contributed by atoms with Crippen molar-refractivity contribution in [2.75, 3.05) is 19.6 Å². The third-order valence-corrected chi connectivity index (χ3v) is 5.14. The maximum absolute atomic E-state index is 3.78. The summed E-state index contributed by atoms with van der Waals surface area (Å²) in [6.07, 6.45) is 11.4. The predicted octanol–water partition coefficient (Wildman–Crippen LogP) is 3.42. The van der Waals surface area contributed by atoms with Crippen LogP contribution in [0.15, 0.2) is 0 Å². The van der Waals surface area contributed by atoms with Gasteiger partial charge in [0.25, 0.3) is 0 Å². The second kappa shape index (κ2) is 7.49. The molecule has 2 atom stereocenters. The normalized spacial score (nSPS) is 29.3. The first-order valence-electron chi connectivity index (χ1n) is 8.27. The van der Waals surface area contributed by atoms with Crippen molar-refractivity contribution in [1.29, 1.82) is 0 Å². The van der Waals surface area contributed by atoms with Crippen LogP contribution in [0.3, 0.4) is 0 Å². The van der Waals surface area contributed by atoms with Gasteiger partial charge in [-0.05, 0) is 58.0 Å². The highest BCUT2D eigenvalue weighted by molar-refractivity contribution is 4.79. The molecule has 1 N–H and O–H groups in total. The average molecular weight is 252 g/mol. The van der Waals surface area contributed by atoms with Crippen molar-refractivity contribution in [1.82, 2.24) is 10.2 Å². The van der Waals surface area contributed by atoms with Crippen molar-refractivity contribution < 1.29 is 0 Å². The van der Waals surface area contributed by atoms with E-state index >= 15 is 0 Å². The van der Waals surface area contributed by atoms with Crippen LogP contribution in [0.2, 0.25) is 0 Å². The molecule has 1 saturated heterocycles. The highest BCUT2D eigenvalue weighted by atomic mass is 15.2. The lowest BCUT2D eigenvalue weighted by Gasteiger charge is -2.29. The summed E-state index contributed by atoms with van der Waals surface area (Å²) in [5, 5.41) is 3.78. The molecule has 106 valence electrons. The lowest BCUT2D eigenvalue weighted by atomic mass is 9.98. The molecule has 2 rings (SSSR count). The summed E-state index contributed by atoms with van der Waals surface area (Å²) in [4.78, 5) is 2.72. The number of likely N-dealkylation sites (tertiary alicyclic amines) is 1. The van der Waals surface area contributed by atoms with Crippen LogP contribution in [-0.2, 0) is 0 Å². The van der Waals surface area contributed by atoms with Crippen LogP contribution in [-0.4, -0.2) is 36.6 Å². The third-order valence-electron chi connectivity index (χ3n) is 5.14. The van der Waals surface area contributed by atoms with E-state index < -0.39 is 0 Å². The van der Waals surface area contributed by atoms with Crippen molar-refractivity contribution in [2.45, 2.75) is 77.3 Å². The van der Waals surface area contributed by atoms with Gasteiger partial charge in [0.2, 0.25) is 0 Å². The molecule has 2 nitrogen and oxygen atoms in total. The van der Waals surface area contributed by atoms with E-state index in [-0.39, 0.29) is 0 Å². The smallest absolute Gasteiger partial charge is 0.0192 e. The fourth-order valence-corrected chi connectivity index (χ4v) is 3.63. The van der Waals surface area contributed by atoms with E-state index in [2.05, 4.69) is 24.1 Å². The van der Waals surface area contributed by atoms with Crippen LogP contribution >= 0.6 is 0 Å². The Balaban J connectivity index is 1.69. The standard InChI is InChI=1S/C16H32N2/c1-3-15-7-6-11-18(12-10-15)14(2)13-17-16-8-4-5-9-16/h14-17H,3-13H2,1-2H3. The maximum Gasteiger partial charge on any atom is 0.0192 e. The molecule has 2 heteroatoms. The van der Waals surface area contributed by atoms with Crippen molar-refractivity contribution in [3.63, 3.8) is 0 Å². The number of nitrogens with zero attached hydrogens (tertiary/aromatic N) is 1. The summed E-state index contributed by atoms with van der Waals surface area (Å²) >= 11 is 0. The van der Waals surface area contributed by atoms with E-state index in [4.69, 9.17) is 0 Å². The number of hydrogen-bond acceptors (Lipinski definition) is 2. The van der Waals surface area contributed by atoms with Gasteiger partial charge in [0.1, 0.15) is 0 Å². The Hall–Kier alpha value is -0.0800. The Bertz CT molecular complexity index is 223. The Labute approximate surface area is 114 Å². The third kappa shape index (κ3) is 4.24. The van der Waals surface area contributed by atoms with Gasteiger partial charge >= 0.3 is 0 Å². The topological polar surface area (TPSA) is 15.3 Å². The van der Waals surface area contributed by atoms with Crippen molar-refractivity contribution in [3.8, 4) is 0 Å². The van der Waals surface area contributed by atoms with Crippen LogP contribution < -0.4 is 5.32 Å². The molecule has 1 aliphatic carbocycles. The van der Waals surface area contributed by atoms with E-state index in [9.17, 15) is 0 Å². The molecule has 0 aromatic rings. The Kier molecular flexibility index (Phi) is 5.97. The van der Waals surface area contributed by atoms with Gasteiger partial charge in [-0.15, -0.1) is 0 Å². The monoisotopic (exact) mass is 252 g/mol. The van der Waals surface area contributed by atoms with Gasteiger partial charge in [0, 0.05) is 18.6 Å². The fraction of sp³-hybridized carbons (Fsp3) is 1.00. The summed E-state index contributed by atoms with van der Waals surface area (Å²) in [7, 11) is 0. The molecule has 0 aromatic carbocycles. The molecule has 0 bridgehead atoms. The number of hydrogen-bond donors (Lipinski definition) is 1. The second-order valence-corrected chi connectivity index (χ2v) is 6.48. The van der Waals surface area contributed by atoms with Gasteiger partial charge in [0.05, 0.1) is 0 Å². The molecule has 1 aliphatic heterocycles. The minimum Gasteiger partial charge on any atom is -0.312 e. The van der Waals surface area contributed by atoms with Gasteiger partial charge in [-0.3, -0.25) is 4.90 Å². The zero-order valence-electron chi connectivity index (χ0n) is 12.5. The van der Waals surface area contributed by atoms with Crippen molar-refractivity contribution in [3.05, 3.63) is 0 Å². The summed E-state index contributed by atoms with van der Waals surface area (Å²) in [5.41, 5.74) is 0. The van der Waals surface area contributed by atoms with Gasteiger partial charge in [0.15, 0.2) is 0 Å².